The highest BCUT2D eigenvalue weighted by Crippen LogP contribution is 2.14. The van der Waals surface area contributed by atoms with Crippen molar-refractivity contribution >= 4 is 40.5 Å². The maximum Gasteiger partial charge on any atom is 0.266 e. The van der Waals surface area contributed by atoms with Crippen molar-refractivity contribution in [1.29, 1.82) is 0 Å². The molecule has 0 aliphatic rings. The molecule has 0 aliphatic heterocycles. The largest absolute Gasteiger partial charge is 0.298 e. The van der Waals surface area contributed by atoms with Crippen LogP contribution in [0.25, 0.3) is 5.69 Å². The molecule has 1 aromatic carbocycles. The molecule has 1 aromatic heterocycles. The van der Waals surface area contributed by atoms with Crippen molar-refractivity contribution in [2.45, 2.75) is 0 Å². The van der Waals surface area contributed by atoms with Crippen LogP contribution in [0.1, 0.15) is 10.4 Å². The first-order valence-corrected chi connectivity index (χ1v) is 6.21. The quantitative estimate of drug-likeness (QED) is 0.611. The van der Waals surface area contributed by atoms with Gasteiger partial charge in [-0.25, -0.2) is 0 Å². The second-order valence-corrected chi connectivity index (χ2v) is 4.95. The average molecular weight is 360 g/mol. The molecule has 0 saturated heterocycles. The number of hydrogen-bond acceptors (Lipinski definition) is 2. The Morgan fingerprint density at radius 3 is 2.71 bits per heavy atom. The molecule has 0 bridgehead atoms. The first-order chi connectivity index (χ1) is 8.13. The molecule has 0 amide bonds. The highest BCUT2D eigenvalue weighted by molar-refractivity contribution is 14.1. The van der Waals surface area contributed by atoms with Gasteiger partial charge in [-0.3, -0.25) is 14.2 Å². The molecular weight excluding hydrogens is 352 g/mol. The first kappa shape index (κ1) is 12.3. The van der Waals surface area contributed by atoms with Crippen LogP contribution in [0, 0.1) is 3.57 Å². The fraction of sp³-hybridized carbons (Fsp3) is 0. The maximum atomic E-state index is 12.0. The summed E-state index contributed by atoms with van der Waals surface area (Å²) in [6.07, 6.45) is 2.20. The molecule has 0 radical (unpaired) electrons. The van der Waals surface area contributed by atoms with Crippen LogP contribution in [0.15, 0.2) is 41.3 Å². The van der Waals surface area contributed by atoms with Gasteiger partial charge in [-0.2, -0.15) is 0 Å². The predicted molar refractivity (Wildman–Crippen MR) is 75.2 cm³/mol. The van der Waals surface area contributed by atoms with Gasteiger partial charge in [0.25, 0.3) is 5.56 Å². The minimum Gasteiger partial charge on any atom is -0.298 e. The number of aldehydes is 1. The Morgan fingerprint density at radius 2 is 2.06 bits per heavy atom. The normalized spacial score (nSPS) is 10.2. The number of carbonyl (C=O) groups is 1. The van der Waals surface area contributed by atoms with E-state index in [-0.39, 0.29) is 11.1 Å². The van der Waals surface area contributed by atoms with Gasteiger partial charge in [0.05, 0.1) is 11.3 Å². The first-order valence-electron chi connectivity index (χ1n) is 4.76. The average Bonchev–Trinajstić information content (AvgIpc) is 2.29. The number of halogens is 2. The lowest BCUT2D eigenvalue weighted by molar-refractivity contribution is 0.112. The van der Waals surface area contributed by atoms with Gasteiger partial charge in [-0.05, 0) is 46.9 Å². The Hall–Kier alpha value is -1.14. The molecule has 5 heteroatoms. The summed E-state index contributed by atoms with van der Waals surface area (Å²) in [6, 6.07) is 8.62. The van der Waals surface area contributed by atoms with Crippen molar-refractivity contribution in [2.24, 2.45) is 0 Å². The lowest BCUT2D eigenvalue weighted by Gasteiger charge is -2.07. The Labute approximate surface area is 116 Å². The highest BCUT2D eigenvalue weighted by atomic mass is 127. The van der Waals surface area contributed by atoms with E-state index in [1.54, 1.807) is 36.5 Å². The van der Waals surface area contributed by atoms with Gasteiger partial charge in [-0.1, -0.05) is 17.7 Å². The summed E-state index contributed by atoms with van der Waals surface area (Å²) in [6.45, 7) is 0. The second-order valence-electron chi connectivity index (χ2n) is 3.35. The third-order valence-electron chi connectivity index (χ3n) is 2.28. The monoisotopic (exact) mass is 359 g/mol. The molecular formula is C12H7ClINO2. The van der Waals surface area contributed by atoms with Gasteiger partial charge in [-0.15, -0.1) is 0 Å². The van der Waals surface area contributed by atoms with E-state index in [1.807, 2.05) is 22.6 Å². The van der Waals surface area contributed by atoms with Gasteiger partial charge in [0.2, 0.25) is 0 Å². The minimum atomic E-state index is -0.339. The zero-order valence-corrected chi connectivity index (χ0v) is 11.5. The maximum absolute atomic E-state index is 12.0. The van der Waals surface area contributed by atoms with Gasteiger partial charge in [0, 0.05) is 14.8 Å². The van der Waals surface area contributed by atoms with E-state index in [9.17, 15) is 9.59 Å². The third-order valence-corrected chi connectivity index (χ3v) is 3.46. The lowest BCUT2D eigenvalue weighted by Crippen LogP contribution is -2.22. The van der Waals surface area contributed by atoms with Crippen LogP contribution in [0.5, 0.6) is 0 Å². The topological polar surface area (TPSA) is 39.1 Å². The molecule has 0 N–H and O–H groups in total. The zero-order valence-electron chi connectivity index (χ0n) is 8.56. The number of hydrogen-bond donors (Lipinski definition) is 0. The van der Waals surface area contributed by atoms with Crippen LogP contribution in [-0.4, -0.2) is 10.9 Å². The second kappa shape index (κ2) is 5.01. The van der Waals surface area contributed by atoms with Crippen molar-refractivity contribution in [3.8, 4) is 5.69 Å². The number of pyridine rings is 1. The van der Waals surface area contributed by atoms with Crippen LogP contribution in [-0.2, 0) is 0 Å². The Bertz CT molecular complexity index is 637. The summed E-state index contributed by atoms with van der Waals surface area (Å²) in [4.78, 5) is 22.9. The molecule has 3 nitrogen and oxygen atoms in total. The third kappa shape index (κ3) is 2.42. The summed E-state index contributed by atoms with van der Waals surface area (Å²) in [7, 11) is 0. The molecule has 2 aromatic rings. The Kier molecular flexibility index (Phi) is 3.63. The van der Waals surface area contributed by atoms with E-state index in [2.05, 4.69) is 0 Å². The smallest absolute Gasteiger partial charge is 0.266 e. The number of nitrogens with zero attached hydrogens (tertiary/aromatic N) is 1. The summed E-state index contributed by atoms with van der Waals surface area (Å²) in [5, 5.41) is 0.542. The van der Waals surface area contributed by atoms with E-state index in [4.69, 9.17) is 11.6 Å². The fourth-order valence-electron chi connectivity index (χ4n) is 1.47. The number of benzene rings is 1. The van der Waals surface area contributed by atoms with Crippen molar-refractivity contribution in [2.75, 3.05) is 0 Å². The van der Waals surface area contributed by atoms with Crippen LogP contribution in [0.2, 0.25) is 5.02 Å². The van der Waals surface area contributed by atoms with Gasteiger partial charge >= 0.3 is 0 Å². The number of rotatable bonds is 2. The molecule has 1 heterocycles. The van der Waals surface area contributed by atoms with E-state index in [0.717, 1.165) is 0 Å². The molecule has 0 unspecified atom stereocenters. The summed E-state index contributed by atoms with van der Waals surface area (Å²) in [5.74, 6) is 0. The zero-order chi connectivity index (χ0) is 12.4. The molecule has 0 fully saturated rings. The molecule has 17 heavy (non-hydrogen) atoms. The minimum absolute atomic E-state index is 0.160. The van der Waals surface area contributed by atoms with Gasteiger partial charge < -0.3 is 0 Å². The van der Waals surface area contributed by atoms with Gasteiger partial charge in [0.15, 0.2) is 6.29 Å². The molecule has 2 rings (SSSR count). The fourth-order valence-corrected chi connectivity index (χ4v) is 2.17. The Balaban J connectivity index is 2.69. The van der Waals surface area contributed by atoms with Crippen molar-refractivity contribution in [1.82, 2.24) is 4.57 Å². The van der Waals surface area contributed by atoms with Crippen molar-refractivity contribution < 1.29 is 4.79 Å². The van der Waals surface area contributed by atoms with E-state index in [0.29, 0.717) is 20.6 Å². The molecule has 0 atom stereocenters. The van der Waals surface area contributed by atoms with Crippen LogP contribution < -0.4 is 5.56 Å². The Morgan fingerprint density at radius 1 is 1.29 bits per heavy atom. The number of carbonyl (C=O) groups excluding carboxylic acids is 1. The molecule has 86 valence electrons. The van der Waals surface area contributed by atoms with Crippen LogP contribution >= 0.6 is 34.2 Å². The van der Waals surface area contributed by atoms with E-state index >= 15 is 0 Å². The summed E-state index contributed by atoms with van der Waals surface area (Å²) < 4.78 is 2.04. The molecule has 0 saturated carbocycles. The SMILES string of the molecule is O=Cc1c(I)ccn(-c2cccc(Cl)c2)c1=O. The van der Waals surface area contributed by atoms with Gasteiger partial charge in [0.1, 0.15) is 0 Å². The number of aromatic nitrogens is 1. The van der Waals surface area contributed by atoms with Crippen molar-refractivity contribution in [3.05, 3.63) is 61.0 Å². The van der Waals surface area contributed by atoms with E-state index in [1.165, 1.54) is 4.57 Å². The van der Waals surface area contributed by atoms with Crippen LogP contribution in [0.4, 0.5) is 0 Å². The molecule has 0 spiro atoms. The predicted octanol–water partition coefficient (Wildman–Crippen LogP) is 2.91. The van der Waals surface area contributed by atoms with Crippen molar-refractivity contribution in [3.63, 3.8) is 0 Å². The summed E-state index contributed by atoms with van der Waals surface area (Å²) >= 11 is 7.82. The highest BCUT2D eigenvalue weighted by Gasteiger charge is 2.08. The van der Waals surface area contributed by atoms with Crippen LogP contribution in [0.3, 0.4) is 0 Å². The molecule has 0 aliphatic carbocycles. The van der Waals surface area contributed by atoms with E-state index < -0.39 is 0 Å². The standard InChI is InChI=1S/C12H7ClINO2/c13-8-2-1-3-9(6-8)15-5-4-11(14)10(7-16)12(15)17/h1-7H. The summed E-state index contributed by atoms with van der Waals surface area (Å²) in [5.41, 5.74) is 0.462. The lowest BCUT2D eigenvalue weighted by atomic mass is 10.2.